The van der Waals surface area contributed by atoms with E-state index in [1.807, 2.05) is 42.1 Å². The number of unbranched alkanes of at least 4 members (excludes halogenated alkanes) is 5. The maximum absolute atomic E-state index is 13.4. The van der Waals surface area contributed by atoms with Gasteiger partial charge in [0.1, 0.15) is 11.9 Å². The van der Waals surface area contributed by atoms with Crippen molar-refractivity contribution in [3.05, 3.63) is 82.8 Å². The normalized spacial score (nSPS) is 18.6. The molecule has 4 N–H and O–H groups in total. The number of aromatic amines is 1. The van der Waals surface area contributed by atoms with E-state index in [0.717, 1.165) is 90.4 Å². The first-order valence-corrected chi connectivity index (χ1v) is 19.7. The van der Waals surface area contributed by atoms with Crippen LogP contribution in [0.25, 0.3) is 21.8 Å². The topological polar surface area (TPSA) is 174 Å². The molecule has 0 bridgehead atoms. The third-order valence-corrected chi connectivity index (χ3v) is 11.4. The van der Waals surface area contributed by atoms with E-state index in [-0.39, 0.29) is 29.9 Å². The number of fused-ring (bicyclic) bond motifs is 3. The van der Waals surface area contributed by atoms with Crippen molar-refractivity contribution in [2.75, 3.05) is 30.8 Å². The number of nitrogens with zero attached hydrogens (tertiary/aromatic N) is 5. The van der Waals surface area contributed by atoms with E-state index in [4.69, 9.17) is 5.10 Å². The lowest BCUT2D eigenvalue weighted by Crippen LogP contribution is -2.54. The highest BCUT2D eigenvalue weighted by atomic mass is 16.2. The molecule has 5 amide bonds. The molecule has 3 aromatic heterocycles. The van der Waals surface area contributed by atoms with Crippen LogP contribution in [-0.2, 0) is 16.1 Å². The second-order valence-electron chi connectivity index (χ2n) is 15.2. The highest BCUT2D eigenvalue weighted by molar-refractivity contribution is 6.25. The smallest absolute Gasteiger partial charge is 0.264 e. The number of rotatable bonds is 14. The average Bonchev–Trinajstić information content (AvgIpc) is 3.95. The Morgan fingerprint density at radius 1 is 0.929 bits per heavy atom. The lowest BCUT2D eigenvalue weighted by atomic mass is 10.0. The molecular formula is C42H47N9O5. The van der Waals surface area contributed by atoms with Gasteiger partial charge < -0.3 is 15.6 Å². The summed E-state index contributed by atoms with van der Waals surface area (Å²) < 4.78 is 2.00. The number of aryl methyl sites for hydroxylation is 2. The Morgan fingerprint density at radius 2 is 1.75 bits per heavy atom. The number of carbonyl (C=O) groups is 5. The molecule has 8 rings (SSSR count). The lowest BCUT2D eigenvalue weighted by molar-refractivity contribution is -0.136. The van der Waals surface area contributed by atoms with Crippen LogP contribution in [0.15, 0.2) is 54.7 Å². The van der Waals surface area contributed by atoms with Crippen LogP contribution in [0.2, 0.25) is 0 Å². The van der Waals surface area contributed by atoms with Crippen LogP contribution in [0.4, 0.5) is 11.5 Å². The Kier molecular flexibility index (Phi) is 10.4. The summed E-state index contributed by atoms with van der Waals surface area (Å²) in [5.41, 5.74) is 5.69. The summed E-state index contributed by atoms with van der Waals surface area (Å²) in [6.07, 6.45) is 10.4. The molecule has 2 fully saturated rings. The van der Waals surface area contributed by atoms with Gasteiger partial charge in [0.2, 0.25) is 11.8 Å². The molecule has 2 saturated heterocycles. The Labute approximate surface area is 324 Å². The third-order valence-electron chi connectivity index (χ3n) is 11.4. The molecule has 5 aromatic rings. The Bertz CT molecular complexity index is 2360. The molecule has 6 heterocycles. The van der Waals surface area contributed by atoms with E-state index in [0.29, 0.717) is 29.7 Å². The number of likely N-dealkylation sites (tertiary alicyclic amines) is 1. The minimum Gasteiger partial charge on any atom is -0.384 e. The van der Waals surface area contributed by atoms with Crippen molar-refractivity contribution in [3.63, 3.8) is 0 Å². The van der Waals surface area contributed by atoms with Crippen LogP contribution in [-0.4, -0.2) is 85.3 Å². The zero-order valence-electron chi connectivity index (χ0n) is 31.8. The largest absolute Gasteiger partial charge is 0.384 e. The second-order valence-corrected chi connectivity index (χ2v) is 15.2. The summed E-state index contributed by atoms with van der Waals surface area (Å²) in [7, 11) is 2.15. The van der Waals surface area contributed by atoms with Crippen molar-refractivity contribution in [2.24, 2.45) is 0 Å². The number of piperidine rings is 1. The number of aromatic nitrogens is 4. The Morgan fingerprint density at radius 3 is 2.55 bits per heavy atom. The van der Waals surface area contributed by atoms with Gasteiger partial charge in [-0.05, 0) is 83.0 Å². The van der Waals surface area contributed by atoms with Crippen LogP contribution in [0.5, 0.6) is 0 Å². The number of hydrogen-bond acceptors (Lipinski definition) is 9. The van der Waals surface area contributed by atoms with Gasteiger partial charge >= 0.3 is 0 Å². The van der Waals surface area contributed by atoms with E-state index >= 15 is 0 Å². The molecule has 14 nitrogen and oxygen atoms in total. The van der Waals surface area contributed by atoms with E-state index in [9.17, 15) is 24.0 Å². The molecule has 0 spiro atoms. The third kappa shape index (κ3) is 7.28. The highest BCUT2D eigenvalue weighted by Crippen LogP contribution is 2.34. The number of nitrogens with one attached hydrogen (secondary N) is 4. The van der Waals surface area contributed by atoms with Crippen molar-refractivity contribution in [1.82, 2.24) is 34.9 Å². The van der Waals surface area contributed by atoms with Crippen LogP contribution >= 0.6 is 0 Å². The summed E-state index contributed by atoms with van der Waals surface area (Å²) in [6, 6.07) is 14.3. The van der Waals surface area contributed by atoms with Gasteiger partial charge in [0.25, 0.3) is 17.7 Å². The minimum absolute atomic E-state index is 0.0845. The zero-order chi connectivity index (χ0) is 38.9. The predicted octanol–water partition coefficient (Wildman–Crippen LogP) is 6.09. The SMILES string of the molecule is Cc1nn(CCCCCCCCNc2cccc3c2C(=O)N(C2CCC(=O)NC2=O)C3=O)c2cc(C(=O)Nc3cc4[nH]c(C5CCCN5C)cc4cn3)ccc12. The summed E-state index contributed by atoms with van der Waals surface area (Å²) in [4.78, 5) is 75.2. The first kappa shape index (κ1) is 37.1. The molecule has 290 valence electrons. The zero-order valence-corrected chi connectivity index (χ0v) is 31.8. The molecule has 2 unspecified atom stereocenters. The monoisotopic (exact) mass is 757 g/mol. The molecule has 0 aliphatic carbocycles. The van der Waals surface area contributed by atoms with Crippen LogP contribution < -0.4 is 16.0 Å². The molecule has 0 saturated carbocycles. The van der Waals surface area contributed by atoms with Crippen molar-refractivity contribution in [3.8, 4) is 0 Å². The number of H-pyrrole nitrogens is 1. The molecule has 0 radical (unpaired) electrons. The van der Waals surface area contributed by atoms with Crippen molar-refractivity contribution >= 4 is 62.8 Å². The van der Waals surface area contributed by atoms with Crippen molar-refractivity contribution in [1.29, 1.82) is 0 Å². The van der Waals surface area contributed by atoms with Crippen molar-refractivity contribution < 1.29 is 24.0 Å². The number of hydrogen-bond donors (Lipinski definition) is 4. The summed E-state index contributed by atoms with van der Waals surface area (Å²) in [5, 5.41) is 15.4. The van der Waals surface area contributed by atoms with Gasteiger partial charge in [-0.1, -0.05) is 37.8 Å². The van der Waals surface area contributed by atoms with E-state index in [1.165, 1.54) is 12.1 Å². The van der Waals surface area contributed by atoms with E-state index in [2.05, 4.69) is 43.9 Å². The van der Waals surface area contributed by atoms with Crippen molar-refractivity contribution in [2.45, 2.75) is 89.8 Å². The predicted molar refractivity (Wildman–Crippen MR) is 212 cm³/mol. The fourth-order valence-electron chi connectivity index (χ4n) is 8.42. The highest BCUT2D eigenvalue weighted by Gasteiger charge is 2.45. The molecule has 14 heteroatoms. The molecule has 3 aliphatic rings. The standard InChI is InChI=1S/C42H47N9O5/c1-25-28-15-14-26(39(53)46-36-23-31-27(24-44-36)21-32(45-31)33-13-10-19-49(33)2)22-35(28)50(48-25)20-8-6-4-3-5-7-18-43-30-12-9-11-29-38(30)42(56)51(41(29)55)34-16-17-37(52)47-40(34)54/h9,11-12,14-15,21-24,33-34,43,45H,3-8,10,13,16-20H2,1-2H3,(H,44,46,53)(H,47,52,54). The van der Waals surface area contributed by atoms with Crippen LogP contribution in [0.3, 0.4) is 0 Å². The first-order valence-electron chi connectivity index (χ1n) is 19.7. The fraction of sp³-hybridized carbons (Fsp3) is 0.405. The maximum Gasteiger partial charge on any atom is 0.264 e. The Balaban J connectivity index is 0.793. The number of benzene rings is 2. The molecule has 2 atom stereocenters. The van der Waals surface area contributed by atoms with Gasteiger partial charge in [0.15, 0.2) is 0 Å². The summed E-state index contributed by atoms with van der Waals surface area (Å²) >= 11 is 0. The van der Waals surface area contributed by atoms with Crippen LogP contribution in [0, 0.1) is 6.92 Å². The summed E-state index contributed by atoms with van der Waals surface area (Å²) in [6.45, 7) is 4.48. The molecule has 3 aliphatic heterocycles. The average molecular weight is 758 g/mol. The summed E-state index contributed by atoms with van der Waals surface area (Å²) in [5.74, 6) is -1.74. The molecule has 56 heavy (non-hydrogen) atoms. The quantitative estimate of drug-likeness (QED) is 0.0772. The van der Waals surface area contributed by atoms with Crippen LogP contribution in [0.1, 0.15) is 113 Å². The van der Waals surface area contributed by atoms with E-state index in [1.54, 1.807) is 18.2 Å². The first-order chi connectivity index (χ1) is 27.2. The van der Waals surface area contributed by atoms with Gasteiger partial charge in [-0.2, -0.15) is 5.10 Å². The minimum atomic E-state index is -0.986. The number of imide groups is 2. The van der Waals surface area contributed by atoms with Gasteiger partial charge in [-0.3, -0.25) is 43.8 Å². The van der Waals surface area contributed by atoms with Gasteiger partial charge in [-0.25, -0.2) is 4.98 Å². The fourth-order valence-corrected chi connectivity index (χ4v) is 8.42. The second kappa shape index (κ2) is 15.7. The van der Waals surface area contributed by atoms with Gasteiger partial charge in [0, 0.05) is 65.5 Å². The number of amides is 5. The molecular weight excluding hydrogens is 711 g/mol. The lowest BCUT2D eigenvalue weighted by Gasteiger charge is -2.27. The van der Waals surface area contributed by atoms with E-state index < -0.39 is 29.7 Å². The number of pyridine rings is 1. The number of carbonyl (C=O) groups excluding carboxylic acids is 5. The Hall–Kier alpha value is -5.89. The van der Waals surface area contributed by atoms with Gasteiger partial charge in [0.05, 0.1) is 27.9 Å². The van der Waals surface area contributed by atoms with Gasteiger partial charge in [-0.15, -0.1) is 0 Å². The maximum atomic E-state index is 13.4. The number of anilines is 2. The molecule has 2 aromatic carbocycles.